The molecule has 0 bridgehead atoms. The second kappa shape index (κ2) is 10.2. The van der Waals surface area contributed by atoms with Crippen molar-refractivity contribution < 1.29 is 30.9 Å². The van der Waals surface area contributed by atoms with Gasteiger partial charge >= 0.3 is 0 Å². The third kappa shape index (κ3) is 4.46. The maximum Gasteiger partial charge on any atom is 0.220 e. The fraction of sp³-hybridized carbons (Fsp3) is 0.188. The minimum atomic E-state index is 0. The first-order valence-electron chi connectivity index (χ1n) is 12.6. The molecule has 0 fully saturated rings. The number of pyridine rings is 2. The quantitative estimate of drug-likeness (QED) is 0.186. The molecule has 0 aliphatic rings. The Hall–Kier alpha value is -3.69. The van der Waals surface area contributed by atoms with Crippen LogP contribution in [-0.2, 0) is 21.1 Å². The number of fused-ring (bicyclic) bond motifs is 4. The maximum atomic E-state index is 10.8. The average molecular weight is 682 g/mol. The van der Waals surface area contributed by atoms with Gasteiger partial charge in [0.25, 0.3) is 0 Å². The van der Waals surface area contributed by atoms with Crippen molar-refractivity contribution in [3.05, 3.63) is 96.2 Å². The van der Waals surface area contributed by atoms with Crippen LogP contribution in [0.3, 0.4) is 0 Å². The molecule has 5 nitrogen and oxygen atoms in total. The van der Waals surface area contributed by atoms with Gasteiger partial charge < -0.3 is 14.4 Å². The number of ether oxygens (including phenoxy) is 1. The molecule has 3 aromatic carbocycles. The largest absolute Gasteiger partial charge is 0.506 e. The van der Waals surface area contributed by atoms with E-state index in [1.54, 1.807) is 12.3 Å². The molecule has 6 aromatic rings. The fourth-order valence-electron chi connectivity index (χ4n) is 4.88. The van der Waals surface area contributed by atoms with E-state index in [4.69, 9.17) is 9.72 Å². The number of para-hydroxylation sites is 1. The van der Waals surface area contributed by atoms with Crippen LogP contribution < -0.4 is 4.74 Å². The molecule has 0 spiro atoms. The molecule has 0 amide bonds. The summed E-state index contributed by atoms with van der Waals surface area (Å²) in [6.07, 6.45) is 1.79. The van der Waals surface area contributed by atoms with Crippen LogP contribution >= 0.6 is 0 Å². The molecule has 0 aliphatic carbocycles. The van der Waals surface area contributed by atoms with Gasteiger partial charge in [0, 0.05) is 49.5 Å². The van der Waals surface area contributed by atoms with Gasteiger partial charge in [-0.05, 0) is 59.2 Å². The van der Waals surface area contributed by atoms with Crippen LogP contribution in [0.1, 0.15) is 50.7 Å². The van der Waals surface area contributed by atoms with Gasteiger partial charge in [-0.25, -0.2) is 9.97 Å². The first kappa shape index (κ1) is 25.9. The molecular formula is C32H28N3O2Pt-. The number of nitrogens with zero attached hydrogens (tertiary/aromatic N) is 3. The van der Waals surface area contributed by atoms with Crippen LogP contribution in [-0.4, -0.2) is 19.6 Å². The zero-order chi connectivity index (χ0) is 25.7. The Morgan fingerprint density at radius 1 is 0.868 bits per heavy atom. The number of benzene rings is 3. The van der Waals surface area contributed by atoms with Crippen molar-refractivity contribution in [2.75, 3.05) is 0 Å². The Balaban J connectivity index is 0.00000294. The van der Waals surface area contributed by atoms with Crippen molar-refractivity contribution in [2.24, 2.45) is 0 Å². The van der Waals surface area contributed by atoms with Crippen LogP contribution in [0.15, 0.2) is 79.0 Å². The zero-order valence-corrected chi connectivity index (χ0v) is 23.9. The summed E-state index contributed by atoms with van der Waals surface area (Å²) in [4.78, 5) is 9.38. The van der Waals surface area contributed by atoms with Crippen molar-refractivity contribution >= 4 is 32.7 Å². The Morgan fingerprint density at radius 3 is 2.39 bits per heavy atom. The summed E-state index contributed by atoms with van der Waals surface area (Å²) in [5, 5.41) is 13.9. The number of aromatic nitrogens is 3. The molecule has 38 heavy (non-hydrogen) atoms. The Kier molecular flexibility index (Phi) is 6.98. The Bertz CT molecular complexity index is 1780. The van der Waals surface area contributed by atoms with Gasteiger partial charge in [-0.1, -0.05) is 57.5 Å². The topological polar surface area (TPSA) is 60.2 Å². The molecule has 194 valence electrons. The normalized spacial score (nSPS) is 11.5. The summed E-state index contributed by atoms with van der Waals surface area (Å²) in [5.41, 5.74) is 4.53. The molecule has 3 heterocycles. The smallest absolute Gasteiger partial charge is 0.220 e. The van der Waals surface area contributed by atoms with E-state index in [9.17, 15) is 5.11 Å². The van der Waals surface area contributed by atoms with E-state index in [0.717, 1.165) is 44.1 Å². The second-order valence-corrected chi connectivity index (χ2v) is 10.0. The summed E-state index contributed by atoms with van der Waals surface area (Å²) in [6, 6.07) is 27.6. The van der Waals surface area contributed by atoms with E-state index in [0.29, 0.717) is 23.1 Å². The van der Waals surface area contributed by atoms with Gasteiger partial charge in [-0.2, -0.15) is 6.07 Å². The summed E-state index contributed by atoms with van der Waals surface area (Å²) in [5.74, 6) is 2.50. The van der Waals surface area contributed by atoms with E-state index in [1.807, 2.05) is 36.4 Å². The van der Waals surface area contributed by atoms with Gasteiger partial charge in [-0.15, -0.1) is 17.5 Å². The van der Waals surface area contributed by atoms with Gasteiger partial charge in [-0.3, -0.25) is 0 Å². The van der Waals surface area contributed by atoms with E-state index < -0.39 is 0 Å². The molecule has 0 saturated heterocycles. The summed E-state index contributed by atoms with van der Waals surface area (Å²) < 4.78 is 8.50. The summed E-state index contributed by atoms with van der Waals surface area (Å²) in [6.45, 7) is 8.47. The molecule has 0 radical (unpaired) electrons. The Labute approximate surface area is 236 Å². The first-order chi connectivity index (χ1) is 17.9. The van der Waals surface area contributed by atoms with Crippen LogP contribution in [0.4, 0.5) is 0 Å². The first-order valence-corrected chi connectivity index (χ1v) is 12.6. The minimum Gasteiger partial charge on any atom is -0.506 e. The fourth-order valence-corrected chi connectivity index (χ4v) is 4.88. The molecular weight excluding hydrogens is 653 g/mol. The molecule has 0 unspecified atom stereocenters. The van der Waals surface area contributed by atoms with Crippen molar-refractivity contribution in [3.63, 3.8) is 0 Å². The summed E-state index contributed by atoms with van der Waals surface area (Å²) in [7, 11) is 0. The molecule has 0 atom stereocenters. The molecule has 6 rings (SSSR count). The van der Waals surface area contributed by atoms with Gasteiger partial charge in [0.1, 0.15) is 17.1 Å². The van der Waals surface area contributed by atoms with Crippen molar-refractivity contribution in [3.8, 4) is 23.2 Å². The number of hydrogen-bond donors (Lipinski definition) is 1. The molecule has 0 saturated carbocycles. The predicted molar refractivity (Wildman–Crippen MR) is 149 cm³/mol. The maximum absolute atomic E-state index is 10.8. The van der Waals surface area contributed by atoms with Crippen LogP contribution in [0, 0.1) is 6.07 Å². The monoisotopic (exact) mass is 681 g/mol. The number of aromatic hydroxyl groups is 1. The zero-order valence-electron chi connectivity index (χ0n) is 21.7. The standard InChI is InChI=1S/C32H28N3O2.Pt/c1-19(2)21-15-22-16-26(20(3)4)32(34-31(22)29(36)17-21)37-23-12-13-25-24-9-5-6-10-27(24)35(28(25)18-23)30-11-7-8-14-33-30;/h5-17,19-20,36H,1-4H3;/q-1;. The number of phenolic OH excluding ortho intramolecular Hbond substituents is 1. The van der Waals surface area contributed by atoms with Crippen LogP contribution in [0.5, 0.6) is 17.4 Å². The Morgan fingerprint density at radius 2 is 1.66 bits per heavy atom. The third-order valence-corrected chi connectivity index (χ3v) is 6.84. The number of hydrogen-bond acceptors (Lipinski definition) is 4. The predicted octanol–water partition coefficient (Wildman–Crippen LogP) is 8.27. The summed E-state index contributed by atoms with van der Waals surface area (Å²) >= 11 is 0. The third-order valence-electron chi connectivity index (χ3n) is 6.84. The van der Waals surface area contributed by atoms with E-state index >= 15 is 0 Å². The van der Waals surface area contributed by atoms with E-state index in [1.165, 1.54) is 0 Å². The van der Waals surface area contributed by atoms with Gasteiger partial charge in [0.2, 0.25) is 5.88 Å². The van der Waals surface area contributed by atoms with Crippen molar-refractivity contribution in [1.29, 1.82) is 0 Å². The molecule has 1 N–H and O–H groups in total. The number of phenols is 1. The molecule has 6 heteroatoms. The second-order valence-electron chi connectivity index (χ2n) is 10.0. The minimum absolute atomic E-state index is 0. The van der Waals surface area contributed by atoms with Crippen molar-refractivity contribution in [1.82, 2.24) is 14.5 Å². The van der Waals surface area contributed by atoms with E-state index in [2.05, 4.69) is 73.6 Å². The SMILES string of the molecule is CC(C)c1cc(O)c2nc(Oc3[c-]c4c(cc3)c3ccccc3n4-c3ccccn3)c(C(C)C)cc2c1.[Pt]. The van der Waals surface area contributed by atoms with Gasteiger partial charge in [0.15, 0.2) is 0 Å². The van der Waals surface area contributed by atoms with Gasteiger partial charge in [0.05, 0.1) is 0 Å². The number of rotatable bonds is 5. The van der Waals surface area contributed by atoms with Crippen molar-refractivity contribution in [2.45, 2.75) is 39.5 Å². The van der Waals surface area contributed by atoms with Crippen LogP contribution in [0.25, 0.3) is 38.5 Å². The molecule has 3 aromatic heterocycles. The molecule has 0 aliphatic heterocycles. The van der Waals surface area contributed by atoms with E-state index in [-0.39, 0.29) is 32.7 Å². The average Bonchev–Trinajstić information content (AvgIpc) is 3.22. The van der Waals surface area contributed by atoms with Crippen LogP contribution in [0.2, 0.25) is 0 Å².